The molecule has 9 heteroatoms. The van der Waals surface area contributed by atoms with Gasteiger partial charge in [-0.2, -0.15) is 4.72 Å². The Morgan fingerprint density at radius 2 is 2.10 bits per heavy atom. The fourth-order valence-electron chi connectivity index (χ4n) is 2.05. The van der Waals surface area contributed by atoms with Gasteiger partial charge in [-0.15, -0.1) is 0 Å². The first-order valence-corrected chi connectivity index (χ1v) is 7.67. The van der Waals surface area contributed by atoms with Gasteiger partial charge in [0.15, 0.2) is 0 Å². The molecule has 1 fully saturated rings. The molecule has 4 N–H and O–H groups in total. The van der Waals surface area contributed by atoms with Crippen molar-refractivity contribution in [2.75, 3.05) is 0 Å². The molecular formula is C12H14FN3O4S. The normalized spacial score (nSPS) is 19.4. The van der Waals surface area contributed by atoms with Crippen LogP contribution in [-0.4, -0.2) is 26.3 Å². The molecule has 1 unspecified atom stereocenters. The molecule has 0 spiro atoms. The first-order valence-electron chi connectivity index (χ1n) is 6.18. The molecule has 1 saturated heterocycles. The summed E-state index contributed by atoms with van der Waals surface area (Å²) in [5.41, 5.74) is 5.22. The molecule has 2 amide bonds. The quantitative estimate of drug-likeness (QED) is 0.639. The van der Waals surface area contributed by atoms with Gasteiger partial charge in [0.1, 0.15) is 11.9 Å². The lowest BCUT2D eigenvalue weighted by molar-refractivity contribution is -0.134. The van der Waals surface area contributed by atoms with Crippen LogP contribution in [0.15, 0.2) is 23.1 Å². The van der Waals surface area contributed by atoms with E-state index in [1.54, 1.807) is 0 Å². The fourth-order valence-corrected chi connectivity index (χ4v) is 3.53. The van der Waals surface area contributed by atoms with Crippen molar-refractivity contribution in [3.05, 3.63) is 29.6 Å². The number of benzene rings is 1. The molecule has 21 heavy (non-hydrogen) atoms. The third-order valence-electron chi connectivity index (χ3n) is 3.11. The summed E-state index contributed by atoms with van der Waals surface area (Å²) in [6.07, 6.45) is 0.0863. The standard InChI is InChI=1S/C12H14FN3O4S/c13-8-2-1-3-10(7(8)6-14)21(19,20)16-9-4-5-11(17)15-12(9)18/h1-3,9,16H,4-6,14H2,(H,15,17,18). The Labute approximate surface area is 120 Å². The predicted octanol–water partition coefficient (Wildman–Crippen LogP) is -0.632. The molecule has 0 bridgehead atoms. The highest BCUT2D eigenvalue weighted by Gasteiger charge is 2.31. The Morgan fingerprint density at radius 1 is 1.38 bits per heavy atom. The van der Waals surface area contributed by atoms with E-state index in [-0.39, 0.29) is 29.8 Å². The summed E-state index contributed by atoms with van der Waals surface area (Å²) < 4.78 is 40.3. The van der Waals surface area contributed by atoms with Crippen molar-refractivity contribution < 1.29 is 22.4 Å². The third-order valence-corrected chi connectivity index (χ3v) is 4.66. The van der Waals surface area contributed by atoms with Gasteiger partial charge in [-0.05, 0) is 18.6 Å². The van der Waals surface area contributed by atoms with Gasteiger partial charge in [0.25, 0.3) is 0 Å². The maximum Gasteiger partial charge on any atom is 0.244 e. The van der Waals surface area contributed by atoms with Crippen LogP contribution in [0.3, 0.4) is 0 Å². The molecule has 1 heterocycles. The molecule has 0 aliphatic carbocycles. The van der Waals surface area contributed by atoms with Crippen LogP contribution in [0.1, 0.15) is 18.4 Å². The number of sulfonamides is 1. The Bertz CT molecular complexity index is 690. The van der Waals surface area contributed by atoms with Crippen molar-refractivity contribution in [3.63, 3.8) is 0 Å². The highest BCUT2D eigenvalue weighted by molar-refractivity contribution is 7.89. The van der Waals surface area contributed by atoms with Gasteiger partial charge in [-0.1, -0.05) is 6.07 Å². The monoisotopic (exact) mass is 315 g/mol. The average Bonchev–Trinajstić information content (AvgIpc) is 2.41. The summed E-state index contributed by atoms with van der Waals surface area (Å²) in [4.78, 5) is 22.3. The van der Waals surface area contributed by atoms with Gasteiger partial charge in [0.2, 0.25) is 21.8 Å². The molecule has 0 aromatic heterocycles. The first kappa shape index (κ1) is 15.5. The van der Waals surface area contributed by atoms with Crippen LogP contribution >= 0.6 is 0 Å². The number of carbonyl (C=O) groups excluding carboxylic acids is 2. The number of rotatable bonds is 4. The Balaban J connectivity index is 2.29. The second-order valence-corrected chi connectivity index (χ2v) is 6.23. The van der Waals surface area contributed by atoms with Crippen LogP contribution in [0.25, 0.3) is 0 Å². The van der Waals surface area contributed by atoms with E-state index in [9.17, 15) is 22.4 Å². The molecular weight excluding hydrogens is 301 g/mol. The zero-order chi connectivity index (χ0) is 15.6. The van der Waals surface area contributed by atoms with E-state index in [4.69, 9.17) is 5.73 Å². The van der Waals surface area contributed by atoms with Gasteiger partial charge >= 0.3 is 0 Å². The summed E-state index contributed by atoms with van der Waals surface area (Å²) in [5, 5.41) is 2.04. The van der Waals surface area contributed by atoms with Crippen molar-refractivity contribution in [1.82, 2.24) is 10.0 Å². The van der Waals surface area contributed by atoms with E-state index in [2.05, 4.69) is 4.72 Å². The number of imide groups is 1. The van der Waals surface area contributed by atoms with Crippen molar-refractivity contribution in [2.45, 2.75) is 30.3 Å². The summed E-state index contributed by atoms with van der Waals surface area (Å²) in [5.74, 6) is -1.91. The lowest BCUT2D eigenvalue weighted by atomic mass is 10.1. The van der Waals surface area contributed by atoms with Gasteiger partial charge < -0.3 is 5.73 Å². The van der Waals surface area contributed by atoms with E-state index < -0.39 is 33.7 Å². The molecule has 0 radical (unpaired) electrons. The second-order valence-electron chi connectivity index (χ2n) is 4.55. The van der Waals surface area contributed by atoms with Crippen LogP contribution in [0.2, 0.25) is 0 Å². The van der Waals surface area contributed by atoms with E-state index >= 15 is 0 Å². The molecule has 114 valence electrons. The topological polar surface area (TPSA) is 118 Å². The smallest absolute Gasteiger partial charge is 0.244 e. The Morgan fingerprint density at radius 3 is 2.71 bits per heavy atom. The zero-order valence-corrected chi connectivity index (χ0v) is 11.7. The van der Waals surface area contributed by atoms with E-state index in [1.165, 1.54) is 12.1 Å². The van der Waals surface area contributed by atoms with Gasteiger partial charge in [0, 0.05) is 18.5 Å². The number of amides is 2. The summed E-state index contributed by atoms with van der Waals surface area (Å²) in [6.45, 7) is -0.293. The highest BCUT2D eigenvalue weighted by atomic mass is 32.2. The van der Waals surface area contributed by atoms with Crippen LogP contribution < -0.4 is 15.8 Å². The summed E-state index contributed by atoms with van der Waals surface area (Å²) in [7, 11) is -4.12. The largest absolute Gasteiger partial charge is 0.326 e. The Kier molecular flexibility index (Phi) is 4.35. The minimum absolute atomic E-state index is 0.0336. The Hall–Kier alpha value is -1.84. The van der Waals surface area contributed by atoms with Crippen molar-refractivity contribution in [2.24, 2.45) is 5.73 Å². The molecule has 1 aromatic carbocycles. The van der Waals surface area contributed by atoms with Crippen molar-refractivity contribution in [3.8, 4) is 0 Å². The van der Waals surface area contributed by atoms with Crippen LogP contribution in [-0.2, 0) is 26.2 Å². The SMILES string of the molecule is NCc1c(F)cccc1S(=O)(=O)NC1CCC(=O)NC1=O. The van der Waals surface area contributed by atoms with Crippen LogP contribution in [0, 0.1) is 5.82 Å². The van der Waals surface area contributed by atoms with Crippen LogP contribution in [0.4, 0.5) is 4.39 Å². The first-order chi connectivity index (χ1) is 9.85. The average molecular weight is 315 g/mol. The van der Waals surface area contributed by atoms with Gasteiger partial charge in [-0.3, -0.25) is 14.9 Å². The number of carbonyl (C=O) groups is 2. The third kappa shape index (κ3) is 3.26. The molecule has 2 rings (SSSR count). The number of hydrogen-bond donors (Lipinski definition) is 3. The number of nitrogens with two attached hydrogens (primary N) is 1. The van der Waals surface area contributed by atoms with E-state index in [0.717, 1.165) is 6.07 Å². The molecule has 7 nitrogen and oxygen atoms in total. The van der Waals surface area contributed by atoms with Crippen LogP contribution in [0.5, 0.6) is 0 Å². The number of hydrogen-bond acceptors (Lipinski definition) is 5. The highest BCUT2D eigenvalue weighted by Crippen LogP contribution is 2.19. The van der Waals surface area contributed by atoms with Crippen molar-refractivity contribution >= 4 is 21.8 Å². The molecule has 1 aliphatic rings. The minimum Gasteiger partial charge on any atom is -0.326 e. The number of piperidine rings is 1. The maximum atomic E-state index is 13.6. The lowest BCUT2D eigenvalue weighted by Crippen LogP contribution is -2.52. The molecule has 1 aromatic rings. The predicted molar refractivity (Wildman–Crippen MR) is 70.8 cm³/mol. The zero-order valence-electron chi connectivity index (χ0n) is 10.9. The summed E-state index contributed by atoms with van der Waals surface area (Å²) >= 11 is 0. The molecule has 1 aliphatic heterocycles. The van der Waals surface area contributed by atoms with Crippen molar-refractivity contribution in [1.29, 1.82) is 0 Å². The molecule has 0 saturated carbocycles. The lowest BCUT2D eigenvalue weighted by Gasteiger charge is -2.22. The fraction of sp³-hybridized carbons (Fsp3) is 0.333. The van der Waals surface area contributed by atoms with Gasteiger partial charge in [0.05, 0.1) is 4.90 Å². The number of halogens is 1. The maximum absolute atomic E-state index is 13.6. The summed E-state index contributed by atoms with van der Waals surface area (Å²) in [6, 6.07) is 2.49. The minimum atomic E-state index is -4.12. The second kappa shape index (κ2) is 5.88. The van der Waals surface area contributed by atoms with E-state index in [0.29, 0.717) is 0 Å². The van der Waals surface area contributed by atoms with E-state index in [1.807, 2.05) is 5.32 Å². The molecule has 1 atom stereocenters. The van der Waals surface area contributed by atoms with Gasteiger partial charge in [-0.25, -0.2) is 12.8 Å². The number of nitrogens with one attached hydrogen (secondary N) is 2.